The number of thiazole rings is 1. The molecule has 1 aliphatic rings. The molecule has 2 heterocycles. The summed E-state index contributed by atoms with van der Waals surface area (Å²) >= 11 is 1.61. The van der Waals surface area contributed by atoms with Crippen LogP contribution >= 0.6 is 11.3 Å². The first-order chi connectivity index (χ1) is 12.5. The molecule has 0 aliphatic heterocycles. The number of ketones is 1. The number of hydrogen-bond donors (Lipinski definition) is 2. The molecule has 1 aliphatic carbocycles. The predicted octanol–water partition coefficient (Wildman–Crippen LogP) is 4.53. The SMILES string of the molecule is Cc1nc(-c2ccc(NC(=O)c3[nH]c4c(c3C)C(=O)CCC4)cc2)cs1. The van der Waals surface area contributed by atoms with Gasteiger partial charge in [0, 0.05) is 34.3 Å². The molecule has 1 aromatic carbocycles. The summed E-state index contributed by atoms with van der Waals surface area (Å²) < 4.78 is 0. The first-order valence-corrected chi connectivity index (χ1v) is 9.49. The van der Waals surface area contributed by atoms with E-state index in [9.17, 15) is 9.59 Å². The van der Waals surface area contributed by atoms with E-state index in [-0.39, 0.29) is 11.7 Å². The lowest BCUT2D eigenvalue weighted by Gasteiger charge is -2.09. The number of nitrogens with zero attached hydrogens (tertiary/aromatic N) is 1. The van der Waals surface area contributed by atoms with Gasteiger partial charge in [0.1, 0.15) is 5.69 Å². The standard InChI is InChI=1S/C20H19N3O2S/c1-11-18-15(4-3-5-17(18)24)23-19(11)20(25)22-14-8-6-13(7-9-14)16-10-26-12(2)21-16/h6-10,23H,3-5H2,1-2H3,(H,22,25). The van der Waals surface area contributed by atoms with Gasteiger partial charge in [-0.3, -0.25) is 9.59 Å². The maximum atomic E-state index is 12.7. The molecule has 0 saturated heterocycles. The van der Waals surface area contributed by atoms with Gasteiger partial charge in [-0.05, 0) is 44.4 Å². The molecule has 4 rings (SSSR count). The summed E-state index contributed by atoms with van der Waals surface area (Å²) in [5.41, 5.74) is 5.49. The van der Waals surface area contributed by atoms with Gasteiger partial charge in [-0.2, -0.15) is 0 Å². The zero-order valence-corrected chi connectivity index (χ0v) is 15.5. The number of fused-ring (bicyclic) bond motifs is 1. The van der Waals surface area contributed by atoms with Gasteiger partial charge < -0.3 is 10.3 Å². The van der Waals surface area contributed by atoms with Crippen LogP contribution in [0.3, 0.4) is 0 Å². The molecule has 26 heavy (non-hydrogen) atoms. The Hall–Kier alpha value is -2.73. The van der Waals surface area contributed by atoms with Crippen LogP contribution in [0.2, 0.25) is 0 Å². The molecule has 132 valence electrons. The average Bonchev–Trinajstić information content (AvgIpc) is 3.20. The molecule has 3 aromatic rings. The number of aromatic nitrogens is 2. The highest BCUT2D eigenvalue weighted by atomic mass is 32.1. The number of Topliss-reactive ketones (excluding diaryl/α,β-unsaturated/α-hetero) is 1. The molecular formula is C20H19N3O2S. The molecule has 2 N–H and O–H groups in total. The van der Waals surface area contributed by atoms with Gasteiger partial charge in [-0.1, -0.05) is 12.1 Å². The van der Waals surface area contributed by atoms with Crippen LogP contribution < -0.4 is 5.32 Å². The lowest BCUT2D eigenvalue weighted by Crippen LogP contribution is -2.13. The van der Waals surface area contributed by atoms with E-state index in [4.69, 9.17) is 0 Å². The Labute approximate surface area is 155 Å². The molecular weight excluding hydrogens is 346 g/mol. The number of benzene rings is 1. The van der Waals surface area contributed by atoms with E-state index in [0.29, 0.717) is 23.4 Å². The van der Waals surface area contributed by atoms with E-state index in [1.165, 1.54) is 0 Å². The quantitative estimate of drug-likeness (QED) is 0.716. The van der Waals surface area contributed by atoms with Crippen LogP contribution in [0.4, 0.5) is 5.69 Å². The summed E-state index contributed by atoms with van der Waals surface area (Å²) in [5.74, 6) is -0.0936. The Morgan fingerprint density at radius 1 is 1.19 bits per heavy atom. The number of aryl methyl sites for hydroxylation is 2. The second kappa shape index (κ2) is 6.53. The Bertz CT molecular complexity index is 999. The van der Waals surface area contributed by atoms with Crippen LogP contribution in [-0.4, -0.2) is 21.7 Å². The van der Waals surface area contributed by atoms with Crippen LogP contribution in [0.15, 0.2) is 29.6 Å². The molecule has 2 aromatic heterocycles. The molecule has 0 radical (unpaired) electrons. The minimum Gasteiger partial charge on any atom is -0.354 e. The molecule has 1 amide bonds. The average molecular weight is 365 g/mol. The zero-order chi connectivity index (χ0) is 18.3. The topological polar surface area (TPSA) is 74.8 Å². The molecule has 6 heteroatoms. The third-order valence-corrected chi connectivity index (χ3v) is 5.50. The zero-order valence-electron chi connectivity index (χ0n) is 14.7. The summed E-state index contributed by atoms with van der Waals surface area (Å²) in [6.45, 7) is 3.81. The van der Waals surface area contributed by atoms with Crippen molar-refractivity contribution in [3.05, 3.63) is 57.2 Å². The van der Waals surface area contributed by atoms with E-state index in [1.807, 2.05) is 43.5 Å². The number of carbonyl (C=O) groups excluding carboxylic acids is 2. The van der Waals surface area contributed by atoms with Crippen molar-refractivity contribution in [3.63, 3.8) is 0 Å². The minimum atomic E-state index is -0.220. The van der Waals surface area contributed by atoms with E-state index in [2.05, 4.69) is 15.3 Å². The molecule has 0 unspecified atom stereocenters. The van der Waals surface area contributed by atoms with Crippen molar-refractivity contribution in [2.75, 3.05) is 5.32 Å². The fourth-order valence-electron chi connectivity index (χ4n) is 3.42. The van der Waals surface area contributed by atoms with Crippen LogP contribution in [-0.2, 0) is 6.42 Å². The largest absolute Gasteiger partial charge is 0.354 e. The van der Waals surface area contributed by atoms with Gasteiger partial charge in [0.15, 0.2) is 5.78 Å². The van der Waals surface area contributed by atoms with Crippen molar-refractivity contribution in [1.29, 1.82) is 0 Å². The first-order valence-electron chi connectivity index (χ1n) is 8.61. The van der Waals surface area contributed by atoms with Crippen molar-refractivity contribution in [3.8, 4) is 11.3 Å². The van der Waals surface area contributed by atoms with E-state index in [1.54, 1.807) is 11.3 Å². The number of carbonyl (C=O) groups is 2. The highest BCUT2D eigenvalue weighted by molar-refractivity contribution is 7.09. The maximum Gasteiger partial charge on any atom is 0.272 e. The van der Waals surface area contributed by atoms with Crippen molar-refractivity contribution < 1.29 is 9.59 Å². The molecule has 0 fully saturated rings. The normalized spacial score (nSPS) is 13.5. The molecule has 0 bridgehead atoms. The Morgan fingerprint density at radius 2 is 1.96 bits per heavy atom. The van der Waals surface area contributed by atoms with Crippen molar-refractivity contribution in [2.45, 2.75) is 33.1 Å². The number of amides is 1. The summed E-state index contributed by atoms with van der Waals surface area (Å²) in [6.07, 6.45) is 2.21. The van der Waals surface area contributed by atoms with Crippen LogP contribution in [0, 0.1) is 13.8 Å². The smallest absolute Gasteiger partial charge is 0.272 e. The number of nitrogens with one attached hydrogen (secondary N) is 2. The first kappa shape index (κ1) is 16.7. The van der Waals surface area contributed by atoms with Gasteiger partial charge in [0.05, 0.1) is 10.7 Å². The van der Waals surface area contributed by atoms with Gasteiger partial charge in [0.25, 0.3) is 5.91 Å². The van der Waals surface area contributed by atoms with Crippen molar-refractivity contribution >= 4 is 28.7 Å². The van der Waals surface area contributed by atoms with Crippen LogP contribution in [0.25, 0.3) is 11.3 Å². The van der Waals surface area contributed by atoms with E-state index in [0.717, 1.165) is 40.4 Å². The molecule has 0 saturated carbocycles. The minimum absolute atomic E-state index is 0.127. The van der Waals surface area contributed by atoms with Crippen molar-refractivity contribution in [2.24, 2.45) is 0 Å². The summed E-state index contributed by atoms with van der Waals surface area (Å²) in [6, 6.07) is 7.62. The highest BCUT2D eigenvalue weighted by Crippen LogP contribution is 2.27. The monoisotopic (exact) mass is 365 g/mol. The summed E-state index contributed by atoms with van der Waals surface area (Å²) in [7, 11) is 0. The van der Waals surface area contributed by atoms with Gasteiger partial charge >= 0.3 is 0 Å². The van der Waals surface area contributed by atoms with Gasteiger partial charge in [0.2, 0.25) is 0 Å². The Balaban J connectivity index is 1.54. The summed E-state index contributed by atoms with van der Waals surface area (Å²) in [4.78, 5) is 32.4. The van der Waals surface area contributed by atoms with E-state index >= 15 is 0 Å². The third kappa shape index (κ3) is 2.97. The second-order valence-corrected chi connectivity index (χ2v) is 7.60. The number of hydrogen-bond acceptors (Lipinski definition) is 4. The Kier molecular flexibility index (Phi) is 4.20. The fraction of sp³-hybridized carbons (Fsp3) is 0.250. The van der Waals surface area contributed by atoms with E-state index < -0.39 is 0 Å². The van der Waals surface area contributed by atoms with Crippen LogP contribution in [0.1, 0.15) is 50.0 Å². The van der Waals surface area contributed by atoms with Gasteiger partial charge in [-0.15, -0.1) is 11.3 Å². The number of rotatable bonds is 3. The van der Waals surface area contributed by atoms with Crippen LogP contribution in [0.5, 0.6) is 0 Å². The fourth-order valence-corrected chi connectivity index (χ4v) is 4.04. The van der Waals surface area contributed by atoms with Gasteiger partial charge in [-0.25, -0.2) is 4.98 Å². The Morgan fingerprint density at radius 3 is 2.62 bits per heavy atom. The summed E-state index contributed by atoms with van der Waals surface area (Å²) in [5, 5.41) is 5.95. The lowest BCUT2D eigenvalue weighted by molar-refractivity contribution is 0.0971. The lowest BCUT2D eigenvalue weighted by atomic mass is 9.94. The highest BCUT2D eigenvalue weighted by Gasteiger charge is 2.26. The van der Waals surface area contributed by atoms with Crippen molar-refractivity contribution in [1.82, 2.24) is 9.97 Å². The predicted molar refractivity (Wildman–Crippen MR) is 103 cm³/mol. The number of aromatic amines is 1. The number of H-pyrrole nitrogens is 1. The molecule has 5 nitrogen and oxygen atoms in total. The number of anilines is 1. The third-order valence-electron chi connectivity index (χ3n) is 4.72. The molecule has 0 spiro atoms. The maximum absolute atomic E-state index is 12.7. The second-order valence-electron chi connectivity index (χ2n) is 6.54. The molecule has 0 atom stereocenters.